The molecule has 2 atom stereocenters. The quantitative estimate of drug-likeness (QED) is 0.845. The third-order valence-electron chi connectivity index (χ3n) is 5.07. The predicted molar refractivity (Wildman–Crippen MR) is 110 cm³/mol. The molecule has 5 heterocycles. The Morgan fingerprint density at radius 1 is 0.893 bits per heavy atom. The Morgan fingerprint density at radius 2 is 1.75 bits per heavy atom. The number of aromatic nitrogens is 2. The van der Waals surface area contributed by atoms with E-state index in [1.54, 1.807) is 14.2 Å². The summed E-state index contributed by atoms with van der Waals surface area (Å²) in [6, 6.07) is 8.11. The summed E-state index contributed by atoms with van der Waals surface area (Å²) in [5.74, 6) is 0. The van der Waals surface area contributed by atoms with Crippen LogP contribution in [-0.2, 0) is 9.47 Å². The molecule has 0 saturated heterocycles. The highest BCUT2D eigenvalue weighted by molar-refractivity contribution is 6.19. The number of aliphatic imine (C=N–C) groups is 2. The largest absolute Gasteiger partial charge is 0.370 e. The molecule has 2 unspecified atom stereocenters. The van der Waals surface area contributed by atoms with Crippen molar-refractivity contribution in [3.8, 4) is 0 Å². The van der Waals surface area contributed by atoms with Crippen LogP contribution in [0, 0.1) is 0 Å². The molecule has 3 aliphatic rings. The minimum Gasteiger partial charge on any atom is -0.370 e. The van der Waals surface area contributed by atoms with E-state index in [2.05, 4.69) is 21.0 Å². The number of allylic oxidation sites excluding steroid dienone is 4. The number of fused-ring (bicyclic) bond motifs is 6. The Balaban J connectivity index is 1.72. The van der Waals surface area contributed by atoms with Gasteiger partial charge in [0.1, 0.15) is 0 Å². The van der Waals surface area contributed by atoms with Gasteiger partial charge in [-0.1, -0.05) is 0 Å². The van der Waals surface area contributed by atoms with E-state index < -0.39 is 11.8 Å². The molecule has 0 fully saturated rings. The van der Waals surface area contributed by atoms with Gasteiger partial charge in [-0.25, -0.2) is 9.98 Å². The first-order valence-electron chi connectivity index (χ1n) is 9.10. The lowest BCUT2D eigenvalue weighted by Crippen LogP contribution is -2.34. The van der Waals surface area contributed by atoms with Crippen LogP contribution in [0.1, 0.15) is 17.5 Å². The smallest absolute Gasteiger partial charge is 0.210 e. The number of H-pyrrole nitrogens is 2. The highest BCUT2D eigenvalue weighted by Gasteiger charge is 2.41. The molecule has 28 heavy (non-hydrogen) atoms. The van der Waals surface area contributed by atoms with Gasteiger partial charge in [-0.05, 0) is 66.8 Å². The SMILES string of the molecule is COC1c2ccc([nH]2)C=c2ccc([nH]2)=CC2=NC(=CC3=NC1(OC)C=C3)C=C2. The second-order valence-corrected chi connectivity index (χ2v) is 6.91. The molecule has 2 aromatic heterocycles. The minimum absolute atomic E-state index is 0.412. The fourth-order valence-corrected chi connectivity index (χ4v) is 3.75. The summed E-state index contributed by atoms with van der Waals surface area (Å²) in [6.45, 7) is 0. The fraction of sp³-hybridized carbons (Fsp3) is 0.182. The summed E-state index contributed by atoms with van der Waals surface area (Å²) in [5.41, 5.74) is 3.47. The Hall–Kier alpha value is -3.22. The number of nitrogens with zero attached hydrogens (tertiary/aromatic N) is 2. The van der Waals surface area contributed by atoms with Crippen molar-refractivity contribution in [2.75, 3.05) is 14.2 Å². The van der Waals surface area contributed by atoms with Gasteiger partial charge in [-0.15, -0.1) is 0 Å². The first-order chi connectivity index (χ1) is 13.7. The number of hydrogen-bond acceptors (Lipinski definition) is 4. The monoisotopic (exact) mass is 372 g/mol. The molecule has 6 heteroatoms. The van der Waals surface area contributed by atoms with E-state index in [0.717, 1.165) is 39.2 Å². The van der Waals surface area contributed by atoms with Crippen molar-refractivity contribution in [2.24, 2.45) is 9.98 Å². The molecular weight excluding hydrogens is 352 g/mol. The number of ether oxygens (including phenoxy) is 2. The van der Waals surface area contributed by atoms with Gasteiger partial charge >= 0.3 is 0 Å². The minimum atomic E-state index is -0.930. The number of hydrogen-bond donors (Lipinski definition) is 2. The zero-order chi connectivity index (χ0) is 19.1. The van der Waals surface area contributed by atoms with Gasteiger partial charge in [0.25, 0.3) is 0 Å². The van der Waals surface area contributed by atoms with E-state index >= 15 is 0 Å². The van der Waals surface area contributed by atoms with Crippen LogP contribution in [0.3, 0.4) is 0 Å². The Morgan fingerprint density at radius 3 is 2.57 bits per heavy atom. The first kappa shape index (κ1) is 16.9. The molecule has 0 aromatic carbocycles. The standard InChI is InChI=1S/C22H20N4O2/c1-27-21-20-8-7-18(25-20)12-16-4-3-14(23-16)11-15-5-6-17(24-15)13-19-9-10-22(21,26-19)28-2/h3-13,21,23,25H,1-2H3. The van der Waals surface area contributed by atoms with E-state index in [1.807, 2.05) is 60.7 Å². The van der Waals surface area contributed by atoms with Crippen LogP contribution >= 0.6 is 0 Å². The van der Waals surface area contributed by atoms with Crippen LogP contribution in [0.15, 0.2) is 70.3 Å². The molecule has 0 aliphatic carbocycles. The third kappa shape index (κ3) is 2.83. The van der Waals surface area contributed by atoms with Crippen molar-refractivity contribution >= 4 is 23.6 Å². The Labute approximate surface area is 162 Å². The maximum atomic E-state index is 5.82. The van der Waals surface area contributed by atoms with Gasteiger partial charge in [0.2, 0.25) is 5.72 Å². The number of aromatic amines is 2. The van der Waals surface area contributed by atoms with E-state index in [9.17, 15) is 0 Å². The lowest BCUT2D eigenvalue weighted by Gasteiger charge is -2.30. The average Bonchev–Trinajstić information content (AvgIpc) is 3.47. The molecule has 0 spiro atoms. The maximum Gasteiger partial charge on any atom is 0.210 e. The lowest BCUT2D eigenvalue weighted by molar-refractivity contribution is -0.0839. The van der Waals surface area contributed by atoms with Crippen molar-refractivity contribution in [3.63, 3.8) is 0 Å². The zero-order valence-electron chi connectivity index (χ0n) is 15.6. The van der Waals surface area contributed by atoms with Crippen LogP contribution in [0.25, 0.3) is 12.2 Å². The normalized spacial score (nSPS) is 25.1. The molecule has 0 amide bonds. The summed E-state index contributed by atoms with van der Waals surface area (Å²) < 4.78 is 11.6. The molecule has 2 aromatic rings. The number of rotatable bonds is 2. The van der Waals surface area contributed by atoms with Gasteiger partial charge in [-0.2, -0.15) is 0 Å². The molecule has 0 saturated carbocycles. The van der Waals surface area contributed by atoms with Gasteiger partial charge in [0.15, 0.2) is 6.10 Å². The van der Waals surface area contributed by atoms with Crippen molar-refractivity contribution in [2.45, 2.75) is 11.8 Å². The second kappa shape index (κ2) is 6.44. The number of nitrogens with one attached hydrogen (secondary N) is 2. The zero-order valence-corrected chi connectivity index (χ0v) is 15.6. The second-order valence-electron chi connectivity index (χ2n) is 6.91. The Bertz CT molecular complexity index is 1210. The lowest BCUT2D eigenvalue weighted by atomic mass is 10.0. The fourth-order valence-electron chi connectivity index (χ4n) is 3.75. The van der Waals surface area contributed by atoms with E-state index in [-0.39, 0.29) is 0 Å². The van der Waals surface area contributed by atoms with Crippen LogP contribution < -0.4 is 10.7 Å². The van der Waals surface area contributed by atoms with Crippen molar-refractivity contribution in [1.82, 2.24) is 9.97 Å². The summed E-state index contributed by atoms with van der Waals surface area (Å²) in [6.07, 6.45) is 13.5. The topological polar surface area (TPSA) is 74.8 Å². The van der Waals surface area contributed by atoms with Gasteiger partial charge in [-0.3, -0.25) is 0 Å². The molecule has 6 nitrogen and oxygen atoms in total. The summed E-state index contributed by atoms with van der Waals surface area (Å²) in [7, 11) is 3.31. The molecule has 5 rings (SSSR count). The molecule has 3 aliphatic heterocycles. The van der Waals surface area contributed by atoms with Gasteiger partial charge in [0.05, 0.1) is 17.1 Å². The predicted octanol–water partition coefficient (Wildman–Crippen LogP) is 1.90. The van der Waals surface area contributed by atoms with Crippen LogP contribution in [0.5, 0.6) is 0 Å². The summed E-state index contributed by atoms with van der Waals surface area (Å²) in [4.78, 5) is 16.3. The van der Waals surface area contributed by atoms with Crippen molar-refractivity contribution in [3.05, 3.63) is 82.4 Å². The molecular formula is C22H20N4O2. The van der Waals surface area contributed by atoms with E-state index in [4.69, 9.17) is 14.5 Å². The van der Waals surface area contributed by atoms with Crippen LogP contribution in [-0.4, -0.2) is 41.3 Å². The molecule has 0 radical (unpaired) electrons. The first-order valence-corrected chi connectivity index (χ1v) is 9.10. The maximum absolute atomic E-state index is 5.82. The average molecular weight is 372 g/mol. The van der Waals surface area contributed by atoms with Crippen molar-refractivity contribution < 1.29 is 9.47 Å². The van der Waals surface area contributed by atoms with Gasteiger partial charge < -0.3 is 19.4 Å². The van der Waals surface area contributed by atoms with E-state index in [0.29, 0.717) is 0 Å². The Kier molecular flexibility index (Phi) is 3.89. The molecule has 140 valence electrons. The highest BCUT2D eigenvalue weighted by atomic mass is 16.5. The van der Waals surface area contributed by atoms with Crippen LogP contribution in [0.4, 0.5) is 0 Å². The summed E-state index contributed by atoms with van der Waals surface area (Å²) >= 11 is 0. The van der Waals surface area contributed by atoms with Gasteiger partial charge in [0, 0.05) is 36.3 Å². The number of methoxy groups -OCH3 is 2. The van der Waals surface area contributed by atoms with Crippen LogP contribution in [0.2, 0.25) is 0 Å². The van der Waals surface area contributed by atoms with E-state index in [1.165, 1.54) is 0 Å². The summed E-state index contributed by atoms with van der Waals surface area (Å²) in [5, 5.41) is 2.00. The van der Waals surface area contributed by atoms with Crippen molar-refractivity contribution in [1.29, 1.82) is 0 Å². The highest BCUT2D eigenvalue weighted by Crippen LogP contribution is 2.37. The molecule has 2 N–H and O–H groups in total. The molecule has 8 bridgehead atoms. The third-order valence-corrected chi connectivity index (χ3v) is 5.07.